The molecule has 2 aliphatic rings. The first-order chi connectivity index (χ1) is 16.4. The molecule has 2 aromatic carbocycles. The molecular formula is C26H28ClN3O4. The molecule has 3 N–H and O–H groups in total. The number of amides is 3. The number of rotatable bonds is 7. The number of hydrogen-bond acceptors (Lipinski definition) is 4. The number of nitrogens with one attached hydrogen (secondary N) is 2. The van der Waals surface area contributed by atoms with Gasteiger partial charge in [-0.3, -0.25) is 14.4 Å². The Balaban J connectivity index is 1.23. The Morgan fingerprint density at radius 3 is 2.32 bits per heavy atom. The molecule has 2 aromatic rings. The van der Waals surface area contributed by atoms with E-state index in [-0.39, 0.29) is 37.2 Å². The van der Waals surface area contributed by atoms with Gasteiger partial charge < -0.3 is 20.6 Å². The lowest BCUT2D eigenvalue weighted by Gasteiger charge is -2.29. The highest BCUT2D eigenvalue weighted by Gasteiger charge is 2.35. The summed E-state index contributed by atoms with van der Waals surface area (Å²) in [6.45, 7) is 0.396. The largest absolute Gasteiger partial charge is 0.503 e. The number of carbonyl (C=O) groups is 3. The van der Waals surface area contributed by atoms with Crippen LogP contribution in [0, 0.1) is 0 Å². The summed E-state index contributed by atoms with van der Waals surface area (Å²) in [5, 5.41) is 16.5. The Labute approximate surface area is 203 Å². The lowest BCUT2D eigenvalue weighted by molar-refractivity contribution is -0.127. The van der Waals surface area contributed by atoms with Crippen molar-refractivity contribution in [2.75, 3.05) is 19.6 Å². The number of carbonyl (C=O) groups excluding carboxylic acids is 3. The fourth-order valence-corrected chi connectivity index (χ4v) is 4.68. The summed E-state index contributed by atoms with van der Waals surface area (Å²) in [5.74, 6) is -1.31. The van der Waals surface area contributed by atoms with E-state index in [1.165, 1.54) is 10.5 Å². The number of halogens is 1. The maximum atomic E-state index is 12.8. The average Bonchev–Trinajstić information content (AvgIpc) is 3.14. The van der Waals surface area contributed by atoms with Gasteiger partial charge in [0.15, 0.2) is 5.76 Å². The van der Waals surface area contributed by atoms with Crippen LogP contribution in [-0.2, 0) is 9.59 Å². The van der Waals surface area contributed by atoms with Gasteiger partial charge in [0.1, 0.15) is 0 Å². The van der Waals surface area contributed by atoms with Gasteiger partial charge in [-0.15, -0.1) is 0 Å². The van der Waals surface area contributed by atoms with Gasteiger partial charge in [0.05, 0.1) is 12.1 Å². The van der Waals surface area contributed by atoms with E-state index in [0.29, 0.717) is 16.5 Å². The van der Waals surface area contributed by atoms with E-state index in [4.69, 9.17) is 11.6 Å². The van der Waals surface area contributed by atoms with E-state index in [1.54, 1.807) is 24.3 Å². The van der Waals surface area contributed by atoms with Crippen LogP contribution in [0.25, 0.3) is 0 Å². The van der Waals surface area contributed by atoms with Gasteiger partial charge in [-0.1, -0.05) is 41.9 Å². The van der Waals surface area contributed by atoms with Crippen molar-refractivity contribution in [2.24, 2.45) is 0 Å². The topological polar surface area (TPSA) is 98.7 Å². The lowest BCUT2D eigenvalue weighted by Crippen LogP contribution is -2.40. The Kier molecular flexibility index (Phi) is 7.53. The highest BCUT2D eigenvalue weighted by molar-refractivity contribution is 6.30. The third-order valence-corrected chi connectivity index (χ3v) is 6.76. The quantitative estimate of drug-likeness (QED) is 0.563. The van der Waals surface area contributed by atoms with E-state index >= 15 is 0 Å². The zero-order chi connectivity index (χ0) is 24.1. The minimum atomic E-state index is -0.598. The molecule has 4 rings (SSSR count). The molecule has 1 heterocycles. The Morgan fingerprint density at radius 1 is 0.971 bits per heavy atom. The number of nitrogens with zero attached hydrogens (tertiary/aromatic N) is 1. The number of hydrogen-bond donors (Lipinski definition) is 3. The van der Waals surface area contributed by atoms with Gasteiger partial charge in [0, 0.05) is 29.7 Å². The Bertz CT molecular complexity index is 1080. The molecule has 0 unspecified atom stereocenters. The highest BCUT2D eigenvalue weighted by Crippen LogP contribution is 2.33. The van der Waals surface area contributed by atoms with Crippen LogP contribution in [0.1, 0.15) is 47.5 Å². The van der Waals surface area contributed by atoms with Crippen LogP contribution in [0.3, 0.4) is 0 Å². The fourth-order valence-electron chi connectivity index (χ4n) is 4.55. The predicted molar refractivity (Wildman–Crippen MR) is 130 cm³/mol. The second kappa shape index (κ2) is 10.7. The van der Waals surface area contributed by atoms with E-state index in [1.807, 2.05) is 18.2 Å². The van der Waals surface area contributed by atoms with Crippen LogP contribution >= 0.6 is 11.6 Å². The molecule has 1 fully saturated rings. The predicted octanol–water partition coefficient (Wildman–Crippen LogP) is 3.57. The fraction of sp³-hybridized carbons (Fsp3) is 0.346. The molecule has 0 aromatic heterocycles. The lowest BCUT2D eigenvalue weighted by atomic mass is 9.82. The van der Waals surface area contributed by atoms with Crippen LogP contribution in [0.15, 0.2) is 65.9 Å². The molecule has 178 valence electrons. The van der Waals surface area contributed by atoms with Crippen molar-refractivity contribution in [1.82, 2.24) is 15.5 Å². The van der Waals surface area contributed by atoms with E-state index in [2.05, 4.69) is 22.8 Å². The normalized spacial score (nSPS) is 20.4. The first kappa shape index (κ1) is 23.8. The number of aliphatic hydroxyl groups is 1. The van der Waals surface area contributed by atoms with Crippen LogP contribution < -0.4 is 10.6 Å². The zero-order valence-corrected chi connectivity index (χ0v) is 19.6. The number of aliphatic hydroxyl groups excluding tert-OH is 1. The third-order valence-electron chi connectivity index (χ3n) is 6.51. The molecule has 34 heavy (non-hydrogen) atoms. The average molecular weight is 482 g/mol. The van der Waals surface area contributed by atoms with Crippen molar-refractivity contribution >= 4 is 29.3 Å². The summed E-state index contributed by atoms with van der Waals surface area (Å²) in [4.78, 5) is 38.7. The molecule has 0 bridgehead atoms. The summed E-state index contributed by atoms with van der Waals surface area (Å²) in [7, 11) is 0. The van der Waals surface area contributed by atoms with Crippen molar-refractivity contribution in [1.29, 1.82) is 0 Å². The van der Waals surface area contributed by atoms with Gasteiger partial charge in [-0.05, 0) is 61.4 Å². The summed E-state index contributed by atoms with van der Waals surface area (Å²) >= 11 is 5.83. The molecule has 0 atom stereocenters. The van der Waals surface area contributed by atoms with Gasteiger partial charge in [-0.25, -0.2) is 0 Å². The second-order valence-electron chi connectivity index (χ2n) is 8.75. The monoisotopic (exact) mass is 481 g/mol. The van der Waals surface area contributed by atoms with E-state index in [9.17, 15) is 19.5 Å². The van der Waals surface area contributed by atoms with Crippen molar-refractivity contribution in [3.63, 3.8) is 0 Å². The highest BCUT2D eigenvalue weighted by atomic mass is 35.5. The van der Waals surface area contributed by atoms with Crippen LogP contribution in [-0.4, -0.2) is 53.4 Å². The minimum Gasteiger partial charge on any atom is -0.503 e. The SMILES string of the molecule is O=C(N[C@H]1CC[C@@H](c2ccccc2)CC1)C1=C(O)C(=O)N(CCNC(=O)c2ccc(Cl)cc2)C1. The zero-order valence-electron chi connectivity index (χ0n) is 18.8. The first-order valence-electron chi connectivity index (χ1n) is 11.5. The van der Waals surface area contributed by atoms with Crippen molar-refractivity contribution < 1.29 is 19.5 Å². The first-order valence-corrected chi connectivity index (χ1v) is 11.9. The maximum absolute atomic E-state index is 12.8. The molecule has 3 amide bonds. The second-order valence-corrected chi connectivity index (χ2v) is 9.19. The summed E-state index contributed by atoms with van der Waals surface area (Å²) < 4.78 is 0. The molecule has 1 aliphatic carbocycles. The van der Waals surface area contributed by atoms with Crippen molar-refractivity contribution in [3.8, 4) is 0 Å². The summed E-state index contributed by atoms with van der Waals surface area (Å²) in [6, 6.07) is 16.9. The third kappa shape index (κ3) is 5.59. The molecule has 1 saturated carbocycles. The van der Waals surface area contributed by atoms with Crippen molar-refractivity contribution in [2.45, 2.75) is 37.6 Å². The molecular weight excluding hydrogens is 454 g/mol. The summed E-state index contributed by atoms with van der Waals surface area (Å²) in [5.41, 5.74) is 1.87. The standard InChI is InChI=1S/C26H28ClN3O4/c27-20-10-6-19(7-11-20)24(32)28-14-15-30-16-22(23(31)26(30)34)25(33)29-21-12-8-18(9-13-21)17-4-2-1-3-5-17/h1-7,10-11,18,21,31H,8-9,12-16H2,(H,28,32)(H,29,33)/t18-,21+. The molecule has 0 spiro atoms. The number of benzene rings is 2. The van der Waals surface area contributed by atoms with Gasteiger partial charge in [0.25, 0.3) is 17.7 Å². The Hall–Kier alpha value is -3.32. The smallest absolute Gasteiger partial charge is 0.289 e. The minimum absolute atomic E-state index is 0.0205. The molecule has 0 radical (unpaired) electrons. The van der Waals surface area contributed by atoms with Gasteiger partial charge in [-0.2, -0.15) is 0 Å². The van der Waals surface area contributed by atoms with Crippen molar-refractivity contribution in [3.05, 3.63) is 82.1 Å². The maximum Gasteiger partial charge on any atom is 0.289 e. The summed E-state index contributed by atoms with van der Waals surface area (Å²) in [6.07, 6.45) is 3.68. The van der Waals surface area contributed by atoms with Crippen LogP contribution in [0.5, 0.6) is 0 Å². The van der Waals surface area contributed by atoms with Crippen LogP contribution in [0.2, 0.25) is 5.02 Å². The molecule has 8 heteroatoms. The molecule has 0 saturated heterocycles. The van der Waals surface area contributed by atoms with E-state index in [0.717, 1.165) is 25.7 Å². The van der Waals surface area contributed by atoms with Crippen LogP contribution in [0.4, 0.5) is 0 Å². The van der Waals surface area contributed by atoms with Gasteiger partial charge >= 0.3 is 0 Å². The molecule has 7 nitrogen and oxygen atoms in total. The van der Waals surface area contributed by atoms with Gasteiger partial charge in [0.2, 0.25) is 0 Å². The Morgan fingerprint density at radius 2 is 1.65 bits per heavy atom. The van der Waals surface area contributed by atoms with E-state index < -0.39 is 17.6 Å². The molecule has 1 aliphatic heterocycles.